The van der Waals surface area contributed by atoms with Gasteiger partial charge in [0.05, 0.1) is 5.69 Å². The summed E-state index contributed by atoms with van der Waals surface area (Å²) in [7, 11) is 1.76. The van der Waals surface area contributed by atoms with Crippen LogP contribution >= 0.6 is 0 Å². The third-order valence-corrected chi connectivity index (χ3v) is 5.02. The maximum atomic E-state index is 12.6. The minimum absolute atomic E-state index is 0.0437. The summed E-state index contributed by atoms with van der Waals surface area (Å²) >= 11 is 0. The number of ether oxygens (including phenoxy) is 1. The van der Waals surface area contributed by atoms with E-state index in [0.29, 0.717) is 12.1 Å². The summed E-state index contributed by atoms with van der Waals surface area (Å²) < 4.78 is 7.17. The molecule has 3 aromatic rings. The van der Waals surface area contributed by atoms with Gasteiger partial charge < -0.3 is 14.3 Å². The van der Waals surface area contributed by atoms with Gasteiger partial charge in [-0.1, -0.05) is 6.07 Å². The van der Waals surface area contributed by atoms with Gasteiger partial charge in [0.1, 0.15) is 11.1 Å². The van der Waals surface area contributed by atoms with Gasteiger partial charge in [-0.25, -0.2) is 4.79 Å². The van der Waals surface area contributed by atoms with Gasteiger partial charge in [0.25, 0.3) is 5.56 Å². The van der Waals surface area contributed by atoms with Gasteiger partial charge in [0, 0.05) is 36.9 Å². The number of anilines is 1. The number of fused-ring (bicyclic) bond motifs is 2. The van der Waals surface area contributed by atoms with Gasteiger partial charge >= 0.3 is 6.09 Å². The lowest BCUT2D eigenvalue weighted by Gasteiger charge is -2.32. The number of aromatic nitrogens is 2. The molecule has 4 rings (SSSR count). The SMILES string of the molecule is Cn1cc(-c2ccc3c(c2)CCCN3C(=O)OC(C)(C)C)c2cc[nH]c2c1=O. The molecule has 3 heterocycles. The van der Waals surface area contributed by atoms with Crippen LogP contribution in [0.5, 0.6) is 0 Å². The Morgan fingerprint density at radius 1 is 1.21 bits per heavy atom. The van der Waals surface area contributed by atoms with Crippen molar-refractivity contribution in [3.05, 3.63) is 52.6 Å². The van der Waals surface area contributed by atoms with E-state index in [1.54, 1.807) is 22.7 Å². The highest BCUT2D eigenvalue weighted by atomic mass is 16.6. The predicted molar refractivity (Wildman–Crippen MR) is 111 cm³/mol. The first kappa shape index (κ1) is 18.3. The Morgan fingerprint density at radius 3 is 2.75 bits per heavy atom. The summed E-state index contributed by atoms with van der Waals surface area (Å²) in [6, 6.07) is 8.04. The van der Waals surface area contributed by atoms with Crippen molar-refractivity contribution in [1.82, 2.24) is 9.55 Å². The van der Waals surface area contributed by atoms with Crippen LogP contribution in [-0.4, -0.2) is 27.8 Å². The molecule has 0 atom stereocenters. The molecule has 1 aliphatic heterocycles. The molecule has 1 N–H and O–H groups in total. The number of hydrogen-bond donors (Lipinski definition) is 1. The van der Waals surface area contributed by atoms with E-state index < -0.39 is 5.60 Å². The van der Waals surface area contributed by atoms with Gasteiger partial charge in [0.15, 0.2) is 0 Å². The van der Waals surface area contributed by atoms with Crippen molar-refractivity contribution in [1.29, 1.82) is 0 Å². The van der Waals surface area contributed by atoms with E-state index in [2.05, 4.69) is 11.1 Å². The van der Waals surface area contributed by atoms with Crippen molar-refractivity contribution in [3.63, 3.8) is 0 Å². The number of benzene rings is 1. The molecular formula is C22H25N3O3. The number of amides is 1. The molecule has 1 amide bonds. The Balaban J connectivity index is 1.76. The molecule has 28 heavy (non-hydrogen) atoms. The first-order chi connectivity index (χ1) is 13.2. The third-order valence-electron chi connectivity index (χ3n) is 5.02. The topological polar surface area (TPSA) is 67.3 Å². The summed E-state index contributed by atoms with van der Waals surface area (Å²) in [6.45, 7) is 6.28. The fraction of sp³-hybridized carbons (Fsp3) is 0.364. The summed E-state index contributed by atoms with van der Waals surface area (Å²) in [4.78, 5) is 29.7. The smallest absolute Gasteiger partial charge is 0.414 e. The number of nitrogens with zero attached hydrogens (tertiary/aromatic N) is 2. The van der Waals surface area contributed by atoms with Crippen LogP contribution in [0.25, 0.3) is 22.0 Å². The highest BCUT2D eigenvalue weighted by Gasteiger charge is 2.27. The van der Waals surface area contributed by atoms with Crippen molar-refractivity contribution in [2.45, 2.75) is 39.2 Å². The normalized spacial score (nSPS) is 14.2. The lowest BCUT2D eigenvalue weighted by Crippen LogP contribution is -2.39. The van der Waals surface area contributed by atoms with Crippen LogP contribution in [0, 0.1) is 0 Å². The van der Waals surface area contributed by atoms with E-state index in [1.807, 2.05) is 45.2 Å². The standard InChI is InChI=1S/C22H25N3O3/c1-22(2,3)28-21(27)25-11-5-6-15-12-14(7-8-18(15)25)17-13-24(4)20(26)19-16(17)9-10-23-19/h7-10,12-13,23H,5-6,11H2,1-4H3. The van der Waals surface area contributed by atoms with E-state index in [4.69, 9.17) is 4.74 Å². The van der Waals surface area contributed by atoms with Crippen molar-refractivity contribution in [2.24, 2.45) is 7.05 Å². The van der Waals surface area contributed by atoms with E-state index >= 15 is 0 Å². The fourth-order valence-electron chi connectivity index (χ4n) is 3.77. The van der Waals surface area contributed by atoms with E-state index in [0.717, 1.165) is 40.6 Å². The Labute approximate surface area is 163 Å². The second-order valence-corrected chi connectivity index (χ2v) is 8.30. The Bertz CT molecular complexity index is 1120. The maximum absolute atomic E-state index is 12.6. The summed E-state index contributed by atoms with van der Waals surface area (Å²) in [5, 5.41) is 0.905. The van der Waals surface area contributed by atoms with Crippen LogP contribution in [0.1, 0.15) is 32.8 Å². The molecule has 0 bridgehead atoms. The Kier molecular flexibility index (Phi) is 4.29. The summed E-state index contributed by atoms with van der Waals surface area (Å²) in [5.74, 6) is 0. The zero-order valence-electron chi connectivity index (χ0n) is 16.7. The van der Waals surface area contributed by atoms with E-state index in [9.17, 15) is 9.59 Å². The molecule has 0 saturated carbocycles. The van der Waals surface area contributed by atoms with E-state index in [1.165, 1.54) is 0 Å². The van der Waals surface area contributed by atoms with Crippen LogP contribution in [0.3, 0.4) is 0 Å². The van der Waals surface area contributed by atoms with Gasteiger partial charge in [-0.3, -0.25) is 9.69 Å². The molecule has 0 aliphatic carbocycles. The maximum Gasteiger partial charge on any atom is 0.414 e. The first-order valence-corrected chi connectivity index (χ1v) is 9.55. The second-order valence-electron chi connectivity index (χ2n) is 8.30. The largest absolute Gasteiger partial charge is 0.443 e. The molecular weight excluding hydrogens is 354 g/mol. The number of H-pyrrole nitrogens is 1. The van der Waals surface area contributed by atoms with Crippen molar-refractivity contribution < 1.29 is 9.53 Å². The number of hydrogen-bond acceptors (Lipinski definition) is 3. The average molecular weight is 379 g/mol. The van der Waals surface area contributed by atoms with Crippen LogP contribution in [-0.2, 0) is 18.2 Å². The van der Waals surface area contributed by atoms with Gasteiger partial charge in [-0.05, 0) is 62.9 Å². The molecule has 0 fully saturated rings. The van der Waals surface area contributed by atoms with Crippen LogP contribution < -0.4 is 10.5 Å². The van der Waals surface area contributed by atoms with Gasteiger partial charge in [0.2, 0.25) is 0 Å². The zero-order valence-corrected chi connectivity index (χ0v) is 16.7. The molecule has 0 spiro atoms. The number of carbonyl (C=O) groups is 1. The Hall–Kier alpha value is -3.02. The van der Waals surface area contributed by atoms with Crippen molar-refractivity contribution >= 4 is 22.7 Å². The highest BCUT2D eigenvalue weighted by Crippen LogP contribution is 2.34. The first-order valence-electron chi connectivity index (χ1n) is 9.55. The third kappa shape index (κ3) is 3.19. The molecule has 1 aliphatic rings. The molecule has 6 heteroatoms. The quantitative estimate of drug-likeness (QED) is 0.688. The minimum Gasteiger partial charge on any atom is -0.443 e. The van der Waals surface area contributed by atoms with Crippen LogP contribution in [0.2, 0.25) is 0 Å². The lowest BCUT2D eigenvalue weighted by atomic mass is 9.95. The fourth-order valence-corrected chi connectivity index (χ4v) is 3.77. The number of rotatable bonds is 1. The molecule has 6 nitrogen and oxygen atoms in total. The molecule has 0 saturated heterocycles. The van der Waals surface area contributed by atoms with Crippen LogP contribution in [0.4, 0.5) is 10.5 Å². The number of aromatic amines is 1. The average Bonchev–Trinajstić information content (AvgIpc) is 3.12. The minimum atomic E-state index is -0.524. The monoisotopic (exact) mass is 379 g/mol. The molecule has 2 aromatic heterocycles. The zero-order chi connectivity index (χ0) is 20.1. The van der Waals surface area contributed by atoms with Crippen molar-refractivity contribution in [2.75, 3.05) is 11.4 Å². The molecule has 1 aromatic carbocycles. The second kappa shape index (κ2) is 6.55. The number of nitrogens with one attached hydrogen (secondary N) is 1. The molecule has 146 valence electrons. The number of carbonyl (C=O) groups excluding carboxylic acids is 1. The lowest BCUT2D eigenvalue weighted by molar-refractivity contribution is 0.0578. The van der Waals surface area contributed by atoms with E-state index in [-0.39, 0.29) is 11.7 Å². The van der Waals surface area contributed by atoms with Gasteiger partial charge in [-0.15, -0.1) is 0 Å². The number of aryl methyl sites for hydroxylation is 2. The highest BCUT2D eigenvalue weighted by molar-refractivity contribution is 5.95. The molecule has 0 unspecified atom stereocenters. The van der Waals surface area contributed by atoms with Crippen LogP contribution in [0.15, 0.2) is 41.5 Å². The van der Waals surface area contributed by atoms with Gasteiger partial charge in [-0.2, -0.15) is 0 Å². The van der Waals surface area contributed by atoms with Crippen molar-refractivity contribution in [3.8, 4) is 11.1 Å². The predicted octanol–water partition coefficient (Wildman–Crippen LogP) is 4.22. The summed E-state index contributed by atoms with van der Waals surface area (Å²) in [6.07, 6.45) is 5.15. The summed E-state index contributed by atoms with van der Waals surface area (Å²) in [5.41, 5.74) is 4.08. The number of pyridine rings is 1. The Morgan fingerprint density at radius 2 is 2.00 bits per heavy atom. The molecule has 0 radical (unpaired) electrons.